The number of aromatic nitrogens is 2. The minimum absolute atomic E-state index is 0.335. The largest absolute Gasteiger partial charge is 0.477 e. The molecule has 2 heterocycles. The summed E-state index contributed by atoms with van der Waals surface area (Å²) in [6, 6.07) is 3.37. The normalized spacial score (nSPS) is 10.6. The average molecular weight is 236 g/mol. The van der Waals surface area contributed by atoms with Crippen molar-refractivity contribution in [2.75, 3.05) is 0 Å². The summed E-state index contributed by atoms with van der Waals surface area (Å²) in [7, 11) is 0. The second kappa shape index (κ2) is 4.49. The van der Waals surface area contributed by atoms with E-state index < -0.39 is 5.97 Å². The van der Waals surface area contributed by atoms with Gasteiger partial charge in [0.15, 0.2) is 0 Å². The zero-order chi connectivity index (χ0) is 11.5. The van der Waals surface area contributed by atoms with E-state index >= 15 is 0 Å². The predicted molar refractivity (Wildman–Crippen MR) is 61.9 cm³/mol. The molecule has 0 aliphatic carbocycles. The summed E-state index contributed by atoms with van der Waals surface area (Å²) >= 11 is 1.61. The van der Waals surface area contributed by atoms with E-state index in [4.69, 9.17) is 5.11 Å². The van der Waals surface area contributed by atoms with Crippen LogP contribution in [-0.2, 0) is 13.0 Å². The molecule has 0 atom stereocenters. The zero-order valence-corrected chi connectivity index (χ0v) is 9.70. The summed E-state index contributed by atoms with van der Waals surface area (Å²) in [5.41, 5.74) is 3.19. The molecule has 0 saturated heterocycles. The van der Waals surface area contributed by atoms with Crippen LogP contribution in [0.5, 0.6) is 0 Å². The van der Waals surface area contributed by atoms with Crippen LogP contribution in [0, 0.1) is 6.92 Å². The number of carbonyl (C=O) groups is 1. The summed E-state index contributed by atoms with van der Waals surface area (Å²) in [6.07, 6.45) is 2.62. The van der Waals surface area contributed by atoms with Crippen LogP contribution < -0.4 is 0 Å². The second-order valence-electron chi connectivity index (χ2n) is 3.50. The van der Waals surface area contributed by atoms with E-state index in [1.54, 1.807) is 34.2 Å². The van der Waals surface area contributed by atoms with Gasteiger partial charge in [0.05, 0.1) is 11.2 Å². The van der Waals surface area contributed by atoms with Crippen molar-refractivity contribution in [3.8, 4) is 0 Å². The zero-order valence-electron chi connectivity index (χ0n) is 8.88. The molecule has 0 bridgehead atoms. The lowest BCUT2D eigenvalue weighted by Crippen LogP contribution is -2.09. The Morgan fingerprint density at radius 2 is 2.44 bits per heavy atom. The Morgan fingerprint density at radius 1 is 1.62 bits per heavy atom. The van der Waals surface area contributed by atoms with E-state index in [0.717, 1.165) is 12.1 Å². The quantitative estimate of drug-likeness (QED) is 0.885. The number of carboxylic acids is 1. The van der Waals surface area contributed by atoms with Crippen molar-refractivity contribution in [2.45, 2.75) is 19.9 Å². The third-order valence-corrected chi connectivity index (χ3v) is 3.47. The van der Waals surface area contributed by atoms with Gasteiger partial charge in [0.1, 0.15) is 5.69 Å². The van der Waals surface area contributed by atoms with Crippen LogP contribution in [0.15, 0.2) is 23.8 Å². The Labute approximate surface area is 97.2 Å². The van der Waals surface area contributed by atoms with Crippen LogP contribution in [0.25, 0.3) is 0 Å². The smallest absolute Gasteiger partial charge is 0.352 e. The van der Waals surface area contributed by atoms with Gasteiger partial charge in [-0.05, 0) is 19.1 Å². The average Bonchev–Trinajstić information content (AvgIpc) is 2.83. The maximum Gasteiger partial charge on any atom is 0.352 e. The van der Waals surface area contributed by atoms with Gasteiger partial charge in [-0.1, -0.05) is 0 Å². The van der Waals surface area contributed by atoms with Crippen molar-refractivity contribution in [1.82, 2.24) is 9.55 Å². The molecule has 4 nitrogen and oxygen atoms in total. The van der Waals surface area contributed by atoms with Gasteiger partial charge in [0.2, 0.25) is 0 Å². The molecule has 0 unspecified atom stereocenters. The van der Waals surface area contributed by atoms with Gasteiger partial charge in [-0.25, -0.2) is 9.78 Å². The minimum atomic E-state index is -0.883. The molecule has 84 valence electrons. The van der Waals surface area contributed by atoms with E-state index in [-0.39, 0.29) is 0 Å². The second-order valence-corrected chi connectivity index (χ2v) is 4.44. The maximum absolute atomic E-state index is 10.9. The number of aryl methyl sites for hydroxylation is 3. The Hall–Kier alpha value is -1.62. The molecule has 0 amide bonds. The molecule has 0 fully saturated rings. The molecule has 0 radical (unpaired) electrons. The van der Waals surface area contributed by atoms with Gasteiger partial charge in [0.25, 0.3) is 0 Å². The number of rotatable bonds is 4. The topological polar surface area (TPSA) is 55.1 Å². The van der Waals surface area contributed by atoms with Gasteiger partial charge >= 0.3 is 5.97 Å². The van der Waals surface area contributed by atoms with Gasteiger partial charge in [-0.2, -0.15) is 0 Å². The number of hydrogen-bond donors (Lipinski definition) is 1. The Morgan fingerprint density at radius 3 is 3.06 bits per heavy atom. The summed E-state index contributed by atoms with van der Waals surface area (Å²) < 4.78 is 1.75. The van der Waals surface area contributed by atoms with Crippen molar-refractivity contribution >= 4 is 17.3 Å². The summed E-state index contributed by atoms with van der Waals surface area (Å²) in [4.78, 5) is 16.3. The molecule has 1 N–H and O–H groups in total. The van der Waals surface area contributed by atoms with Gasteiger partial charge < -0.3 is 9.67 Å². The summed E-state index contributed by atoms with van der Waals surface area (Å²) in [5, 5.41) is 8.94. The van der Waals surface area contributed by atoms with Crippen molar-refractivity contribution in [2.24, 2.45) is 0 Å². The third kappa shape index (κ3) is 2.14. The molecule has 5 heteroatoms. The highest BCUT2D eigenvalue weighted by molar-refractivity contribution is 7.09. The fraction of sp³-hybridized carbons (Fsp3) is 0.273. The molecule has 0 aliphatic heterocycles. The van der Waals surface area contributed by atoms with E-state index in [9.17, 15) is 4.79 Å². The molecule has 2 aromatic rings. The Kier molecular flexibility index (Phi) is 3.05. The number of nitrogens with zero attached hydrogens (tertiary/aromatic N) is 2. The van der Waals surface area contributed by atoms with Crippen LogP contribution in [-0.4, -0.2) is 20.6 Å². The van der Waals surface area contributed by atoms with Crippen molar-refractivity contribution in [1.29, 1.82) is 0 Å². The van der Waals surface area contributed by atoms with Crippen molar-refractivity contribution in [3.05, 3.63) is 40.1 Å². The van der Waals surface area contributed by atoms with Crippen LogP contribution in [0.2, 0.25) is 0 Å². The standard InChI is InChI=1S/C11H12N2O2S/c1-8-10(16-7-12-8)4-6-13-5-2-3-9(13)11(14)15/h2-3,5,7H,4,6H2,1H3,(H,14,15). The van der Waals surface area contributed by atoms with Crippen molar-refractivity contribution in [3.63, 3.8) is 0 Å². The molecule has 0 aromatic carbocycles. The molecule has 2 aromatic heterocycles. The molecular formula is C11H12N2O2S. The first kappa shape index (κ1) is 10.9. The van der Waals surface area contributed by atoms with Crippen molar-refractivity contribution < 1.29 is 9.90 Å². The monoisotopic (exact) mass is 236 g/mol. The molecular weight excluding hydrogens is 224 g/mol. The summed E-state index contributed by atoms with van der Waals surface area (Å²) in [6.45, 7) is 2.65. The first-order valence-electron chi connectivity index (χ1n) is 4.96. The Balaban J connectivity index is 2.08. The predicted octanol–water partition coefficient (Wildman–Crippen LogP) is 2.19. The Bertz CT molecular complexity index is 502. The van der Waals surface area contributed by atoms with Crippen LogP contribution >= 0.6 is 11.3 Å². The minimum Gasteiger partial charge on any atom is -0.477 e. The maximum atomic E-state index is 10.9. The third-order valence-electron chi connectivity index (χ3n) is 2.47. The SMILES string of the molecule is Cc1ncsc1CCn1cccc1C(=O)O. The lowest BCUT2D eigenvalue weighted by Gasteiger charge is -2.05. The first-order valence-corrected chi connectivity index (χ1v) is 5.84. The fourth-order valence-electron chi connectivity index (χ4n) is 1.59. The lowest BCUT2D eigenvalue weighted by molar-refractivity contribution is 0.0685. The molecule has 2 rings (SSSR count). The molecule has 0 spiro atoms. The highest BCUT2D eigenvalue weighted by Gasteiger charge is 2.09. The number of aromatic carboxylic acids is 1. The molecule has 0 aliphatic rings. The van der Waals surface area contributed by atoms with Gasteiger partial charge in [-0.15, -0.1) is 11.3 Å². The number of hydrogen-bond acceptors (Lipinski definition) is 3. The van der Waals surface area contributed by atoms with Crippen LogP contribution in [0.3, 0.4) is 0 Å². The van der Waals surface area contributed by atoms with E-state index in [1.807, 2.05) is 12.4 Å². The lowest BCUT2D eigenvalue weighted by atomic mass is 10.3. The highest BCUT2D eigenvalue weighted by Crippen LogP contribution is 2.14. The fourth-order valence-corrected chi connectivity index (χ4v) is 2.36. The van der Waals surface area contributed by atoms with Crippen LogP contribution in [0.1, 0.15) is 21.1 Å². The van der Waals surface area contributed by atoms with E-state index in [0.29, 0.717) is 12.2 Å². The molecule has 0 saturated carbocycles. The van der Waals surface area contributed by atoms with E-state index in [2.05, 4.69) is 4.98 Å². The van der Waals surface area contributed by atoms with Gasteiger partial charge in [-0.3, -0.25) is 0 Å². The number of thiazole rings is 1. The highest BCUT2D eigenvalue weighted by atomic mass is 32.1. The molecule has 16 heavy (non-hydrogen) atoms. The summed E-state index contributed by atoms with van der Waals surface area (Å²) in [5.74, 6) is -0.883. The van der Waals surface area contributed by atoms with Crippen LogP contribution in [0.4, 0.5) is 0 Å². The number of carboxylic acid groups (broad SMARTS) is 1. The first-order chi connectivity index (χ1) is 7.68. The van der Waals surface area contributed by atoms with Gasteiger partial charge in [0, 0.05) is 24.0 Å². The van der Waals surface area contributed by atoms with E-state index in [1.165, 1.54) is 4.88 Å².